The average Bonchev–Trinajstić information content (AvgIpc) is 2.42. The Hall–Kier alpha value is -0.900. The molecule has 1 aliphatic rings. The quantitative estimate of drug-likeness (QED) is 0.828. The normalized spacial score (nSPS) is 22.4. The molecule has 1 saturated heterocycles. The lowest BCUT2D eigenvalue weighted by molar-refractivity contribution is 0.00537. The SMILES string of the molecule is CCc1ccc(C(NC)C2CNCCO2)cc1. The molecule has 0 radical (unpaired) electrons. The van der Waals surface area contributed by atoms with Gasteiger partial charge in [0.2, 0.25) is 0 Å². The van der Waals surface area contributed by atoms with Gasteiger partial charge in [0.25, 0.3) is 0 Å². The standard InChI is InChI=1S/C14H22N2O/c1-3-11-4-6-12(7-5-11)14(15-2)13-10-16-8-9-17-13/h4-7,13-16H,3,8-10H2,1-2H3. The summed E-state index contributed by atoms with van der Waals surface area (Å²) in [6.07, 6.45) is 1.31. The maximum Gasteiger partial charge on any atom is 0.0894 e. The van der Waals surface area contributed by atoms with E-state index in [1.807, 2.05) is 7.05 Å². The summed E-state index contributed by atoms with van der Waals surface area (Å²) < 4.78 is 5.82. The second-order valence-electron chi connectivity index (χ2n) is 4.47. The van der Waals surface area contributed by atoms with Crippen LogP contribution in [0.4, 0.5) is 0 Å². The van der Waals surface area contributed by atoms with Crippen molar-refractivity contribution < 1.29 is 4.74 Å². The first-order valence-electron chi connectivity index (χ1n) is 6.43. The highest BCUT2D eigenvalue weighted by molar-refractivity contribution is 5.26. The lowest BCUT2D eigenvalue weighted by atomic mass is 9.99. The molecule has 0 aromatic heterocycles. The number of hydrogen-bond acceptors (Lipinski definition) is 3. The molecular weight excluding hydrogens is 212 g/mol. The minimum absolute atomic E-state index is 0.223. The molecule has 2 unspecified atom stereocenters. The number of benzene rings is 1. The molecule has 3 heteroatoms. The van der Waals surface area contributed by atoms with Crippen LogP contribution in [0.5, 0.6) is 0 Å². The molecule has 2 atom stereocenters. The van der Waals surface area contributed by atoms with E-state index in [1.54, 1.807) is 0 Å². The molecule has 1 aliphatic heterocycles. The number of nitrogens with one attached hydrogen (secondary N) is 2. The maximum atomic E-state index is 5.82. The van der Waals surface area contributed by atoms with Crippen molar-refractivity contribution in [2.45, 2.75) is 25.5 Å². The van der Waals surface area contributed by atoms with Crippen molar-refractivity contribution in [3.63, 3.8) is 0 Å². The first-order valence-corrected chi connectivity index (χ1v) is 6.43. The van der Waals surface area contributed by atoms with Crippen LogP contribution in [-0.2, 0) is 11.2 Å². The summed E-state index contributed by atoms with van der Waals surface area (Å²) in [6, 6.07) is 9.09. The van der Waals surface area contributed by atoms with Crippen LogP contribution in [0, 0.1) is 0 Å². The Morgan fingerprint density at radius 3 is 2.71 bits per heavy atom. The Morgan fingerprint density at radius 1 is 1.41 bits per heavy atom. The number of likely N-dealkylation sites (N-methyl/N-ethyl adjacent to an activating group) is 1. The summed E-state index contributed by atoms with van der Waals surface area (Å²) in [7, 11) is 2.00. The minimum Gasteiger partial charge on any atom is -0.374 e. The average molecular weight is 234 g/mol. The van der Waals surface area contributed by atoms with Crippen molar-refractivity contribution in [3.05, 3.63) is 35.4 Å². The predicted octanol–water partition coefficient (Wildman–Crippen LogP) is 1.50. The molecule has 17 heavy (non-hydrogen) atoms. The molecule has 0 saturated carbocycles. The smallest absolute Gasteiger partial charge is 0.0894 e. The van der Waals surface area contributed by atoms with Gasteiger partial charge < -0.3 is 15.4 Å². The molecule has 0 spiro atoms. The van der Waals surface area contributed by atoms with Crippen molar-refractivity contribution in [3.8, 4) is 0 Å². The Kier molecular flexibility index (Phi) is 4.54. The van der Waals surface area contributed by atoms with Gasteiger partial charge in [0, 0.05) is 13.1 Å². The summed E-state index contributed by atoms with van der Waals surface area (Å²) in [5.41, 5.74) is 2.68. The lowest BCUT2D eigenvalue weighted by Crippen LogP contribution is -2.45. The van der Waals surface area contributed by atoms with Crippen LogP contribution in [0.25, 0.3) is 0 Å². The van der Waals surface area contributed by atoms with Gasteiger partial charge in [-0.1, -0.05) is 31.2 Å². The number of hydrogen-bond donors (Lipinski definition) is 2. The Labute approximate surface area is 104 Å². The zero-order valence-corrected chi connectivity index (χ0v) is 10.7. The van der Waals surface area contributed by atoms with E-state index in [2.05, 4.69) is 41.8 Å². The summed E-state index contributed by atoms with van der Waals surface area (Å²) >= 11 is 0. The summed E-state index contributed by atoms with van der Waals surface area (Å²) in [5, 5.41) is 6.74. The van der Waals surface area contributed by atoms with Crippen LogP contribution < -0.4 is 10.6 Å². The third-order valence-electron chi connectivity index (χ3n) is 3.39. The van der Waals surface area contributed by atoms with Crippen molar-refractivity contribution in [2.24, 2.45) is 0 Å². The molecular formula is C14H22N2O. The first kappa shape index (κ1) is 12.6. The summed E-state index contributed by atoms with van der Waals surface area (Å²) in [4.78, 5) is 0. The fraction of sp³-hybridized carbons (Fsp3) is 0.571. The number of morpholine rings is 1. The molecule has 2 rings (SSSR count). The number of rotatable bonds is 4. The van der Waals surface area contributed by atoms with Gasteiger partial charge in [0.05, 0.1) is 18.8 Å². The van der Waals surface area contributed by atoms with E-state index < -0.39 is 0 Å². The summed E-state index contributed by atoms with van der Waals surface area (Å²) in [6.45, 7) is 4.86. The largest absolute Gasteiger partial charge is 0.374 e. The third-order valence-corrected chi connectivity index (χ3v) is 3.39. The molecule has 2 N–H and O–H groups in total. The Morgan fingerprint density at radius 2 is 2.18 bits per heavy atom. The van der Waals surface area contributed by atoms with Crippen molar-refractivity contribution in [1.29, 1.82) is 0 Å². The number of ether oxygens (including phenoxy) is 1. The van der Waals surface area contributed by atoms with E-state index in [1.165, 1.54) is 11.1 Å². The van der Waals surface area contributed by atoms with Gasteiger partial charge in [-0.05, 0) is 24.6 Å². The van der Waals surface area contributed by atoms with Gasteiger partial charge in [0.15, 0.2) is 0 Å². The molecule has 94 valence electrons. The molecule has 1 aromatic carbocycles. The first-order chi connectivity index (χ1) is 8.35. The molecule has 1 heterocycles. The van der Waals surface area contributed by atoms with Gasteiger partial charge in [0.1, 0.15) is 0 Å². The minimum atomic E-state index is 0.223. The van der Waals surface area contributed by atoms with E-state index in [0.717, 1.165) is 26.1 Å². The van der Waals surface area contributed by atoms with Crippen LogP contribution in [0.15, 0.2) is 24.3 Å². The molecule has 0 aliphatic carbocycles. The van der Waals surface area contributed by atoms with E-state index in [4.69, 9.17) is 4.74 Å². The van der Waals surface area contributed by atoms with Crippen LogP contribution in [0.2, 0.25) is 0 Å². The van der Waals surface area contributed by atoms with Gasteiger partial charge in [-0.15, -0.1) is 0 Å². The second-order valence-corrected chi connectivity index (χ2v) is 4.47. The maximum absolute atomic E-state index is 5.82. The van der Waals surface area contributed by atoms with E-state index in [9.17, 15) is 0 Å². The van der Waals surface area contributed by atoms with Crippen molar-refractivity contribution >= 4 is 0 Å². The topological polar surface area (TPSA) is 33.3 Å². The highest BCUT2D eigenvalue weighted by Gasteiger charge is 2.24. The van der Waals surface area contributed by atoms with Crippen LogP contribution in [-0.4, -0.2) is 32.8 Å². The zero-order valence-electron chi connectivity index (χ0n) is 10.7. The molecule has 0 amide bonds. The molecule has 3 nitrogen and oxygen atoms in total. The summed E-state index contributed by atoms with van der Waals surface area (Å²) in [5.74, 6) is 0. The Bertz CT molecular complexity index is 331. The van der Waals surface area contributed by atoms with Crippen LogP contribution in [0.1, 0.15) is 24.1 Å². The fourth-order valence-electron chi connectivity index (χ4n) is 2.33. The highest BCUT2D eigenvalue weighted by Crippen LogP contribution is 2.20. The fourth-order valence-corrected chi connectivity index (χ4v) is 2.33. The van der Waals surface area contributed by atoms with Crippen LogP contribution >= 0.6 is 0 Å². The second kappa shape index (κ2) is 6.15. The van der Waals surface area contributed by atoms with E-state index in [0.29, 0.717) is 0 Å². The van der Waals surface area contributed by atoms with Gasteiger partial charge in [-0.2, -0.15) is 0 Å². The zero-order chi connectivity index (χ0) is 12.1. The van der Waals surface area contributed by atoms with E-state index in [-0.39, 0.29) is 12.1 Å². The highest BCUT2D eigenvalue weighted by atomic mass is 16.5. The van der Waals surface area contributed by atoms with Gasteiger partial charge in [-0.25, -0.2) is 0 Å². The van der Waals surface area contributed by atoms with Crippen molar-refractivity contribution in [1.82, 2.24) is 10.6 Å². The monoisotopic (exact) mass is 234 g/mol. The molecule has 1 fully saturated rings. The van der Waals surface area contributed by atoms with E-state index >= 15 is 0 Å². The predicted molar refractivity (Wildman–Crippen MR) is 70.2 cm³/mol. The van der Waals surface area contributed by atoms with Gasteiger partial charge in [-0.3, -0.25) is 0 Å². The number of aryl methyl sites for hydroxylation is 1. The molecule has 1 aromatic rings. The third kappa shape index (κ3) is 3.06. The Balaban J connectivity index is 2.10. The van der Waals surface area contributed by atoms with Crippen molar-refractivity contribution in [2.75, 3.05) is 26.7 Å². The van der Waals surface area contributed by atoms with Crippen LogP contribution in [0.3, 0.4) is 0 Å². The van der Waals surface area contributed by atoms with Gasteiger partial charge >= 0.3 is 0 Å². The molecule has 0 bridgehead atoms. The lowest BCUT2D eigenvalue weighted by Gasteiger charge is -2.31.